The van der Waals surface area contributed by atoms with Crippen molar-refractivity contribution in [2.75, 3.05) is 6.61 Å². The molecule has 0 saturated carbocycles. The Labute approximate surface area is 380 Å². The summed E-state index contributed by atoms with van der Waals surface area (Å²) >= 11 is 0. The molecular weight excluding hydrogens is 918 g/mol. The van der Waals surface area contributed by atoms with Gasteiger partial charge in [-0.1, -0.05) is 0 Å². The minimum absolute atomic E-state index is 0.699. The molecular formula is C38H63NO28. The molecule has 6 fully saturated rings. The molecule has 29 nitrogen and oxygen atoms in total. The Morgan fingerprint density at radius 1 is 0.433 bits per heavy atom. The molecule has 0 aromatic carbocycles. The first-order chi connectivity index (χ1) is 31.4. The van der Waals surface area contributed by atoms with Gasteiger partial charge in [0.2, 0.25) is 5.91 Å². The standard InChI is InChI=1S/C38H63NO28/c1-7-14(42)19(47)23(51)34(57-7)64-28-22(50)24(52)35(67-31(28)32(54)55)65-30-21(49)16(44)9(3)60-38(30)63-27-17(45)10(4)58-36(25(27)53)66-29-20(48)15(43)8(2)59-37(29)62-26-13(39-11(5)41)33(56)61-12(6-40)18(26)46/h7-10,12-31,33-38,40,42-53,56H,6H2,1-5H3,(H,39,41)(H,54,55)/t7-,8-,9-,10-,12+,13+,14-,15-,16-,17-,18+,19+,20+,21+,22+,23+,24+,25+,26+,27+,28+,29+,30+,31-,33-,34-,35-,36-,37-,38-/m0/s1. The molecule has 0 radical (unpaired) electrons. The summed E-state index contributed by atoms with van der Waals surface area (Å²) in [4.78, 5) is 24.5. The first-order valence-electron chi connectivity index (χ1n) is 21.5. The fraction of sp³-hybridized carbons (Fsp3) is 0.947. The molecule has 6 aliphatic heterocycles. The molecule has 0 aromatic heterocycles. The minimum atomic E-state index is -2.25. The van der Waals surface area contributed by atoms with Crippen molar-refractivity contribution in [2.45, 2.75) is 219 Å². The van der Waals surface area contributed by atoms with E-state index in [0.29, 0.717) is 0 Å². The zero-order chi connectivity index (χ0) is 49.7. The van der Waals surface area contributed by atoms with Crippen molar-refractivity contribution in [1.82, 2.24) is 5.32 Å². The molecule has 30 atom stereocenters. The SMILES string of the molecule is CC(=O)N[C@@H]1[C@@H](O[C@@H]2O[C@@H](C)[C@H](O)[C@@H](O)[C@H]2O[C@@H]2O[C@@H](C)[C@H](O)[C@@H](O[C@@H]3O[C@@H](C)[C@H](O)[C@@H](O)[C@H]3O[C@H]3O[C@H](C(=O)O)[C@H](O[C@@H]4O[C@@H](C)[C@H](O)[C@@H](O)[C@H]4O)[C@H](O)[C@H]3O)[C@H]2O)[C@H](O)[C@@H](CO)O[C@@H]1O. The van der Waals surface area contributed by atoms with E-state index < -0.39 is 203 Å². The van der Waals surface area contributed by atoms with Gasteiger partial charge in [0.05, 0.1) is 31.0 Å². The van der Waals surface area contributed by atoms with E-state index in [1.54, 1.807) is 0 Å². The van der Waals surface area contributed by atoms with Crippen LogP contribution in [-0.2, 0) is 61.7 Å². The van der Waals surface area contributed by atoms with Crippen molar-refractivity contribution in [3.63, 3.8) is 0 Å². The fourth-order valence-corrected chi connectivity index (χ4v) is 8.62. The molecule has 1 amide bonds. The van der Waals surface area contributed by atoms with Crippen LogP contribution in [0.4, 0.5) is 0 Å². The van der Waals surface area contributed by atoms with Gasteiger partial charge in [0.1, 0.15) is 116 Å². The number of aliphatic hydroxyl groups is 14. The van der Waals surface area contributed by atoms with E-state index in [1.807, 2.05) is 0 Å². The molecule has 0 unspecified atom stereocenters. The molecule has 0 aromatic rings. The van der Waals surface area contributed by atoms with Crippen LogP contribution in [0.1, 0.15) is 34.6 Å². The lowest BCUT2D eigenvalue weighted by Crippen LogP contribution is -2.69. The van der Waals surface area contributed by atoms with Crippen molar-refractivity contribution >= 4 is 11.9 Å². The number of carboxylic acid groups (broad SMARTS) is 1. The van der Waals surface area contributed by atoms with Gasteiger partial charge in [-0.3, -0.25) is 4.79 Å². The monoisotopic (exact) mass is 981 g/mol. The summed E-state index contributed by atoms with van der Waals surface area (Å²) in [6, 6.07) is -1.50. The lowest BCUT2D eigenvalue weighted by Gasteiger charge is -2.50. The van der Waals surface area contributed by atoms with Gasteiger partial charge >= 0.3 is 5.97 Å². The number of nitrogens with one attached hydrogen (secondary N) is 1. The highest BCUT2D eigenvalue weighted by Crippen LogP contribution is 2.37. The lowest BCUT2D eigenvalue weighted by molar-refractivity contribution is -0.400. The van der Waals surface area contributed by atoms with E-state index >= 15 is 0 Å². The van der Waals surface area contributed by atoms with Gasteiger partial charge in [-0.2, -0.15) is 0 Å². The smallest absolute Gasteiger partial charge is 0.335 e. The van der Waals surface area contributed by atoms with Crippen LogP contribution in [-0.4, -0.2) is 279 Å². The topological polar surface area (TPSA) is 451 Å². The number of carbonyl (C=O) groups excluding carboxylic acids is 1. The van der Waals surface area contributed by atoms with Crippen LogP contribution in [0.25, 0.3) is 0 Å². The highest BCUT2D eigenvalue weighted by molar-refractivity contribution is 5.73. The third kappa shape index (κ3) is 11.2. The van der Waals surface area contributed by atoms with E-state index in [0.717, 1.165) is 6.92 Å². The van der Waals surface area contributed by atoms with Crippen LogP contribution in [0.5, 0.6) is 0 Å². The Morgan fingerprint density at radius 3 is 1.31 bits per heavy atom. The largest absolute Gasteiger partial charge is 0.479 e. The normalized spacial score (nSPS) is 53.2. The van der Waals surface area contributed by atoms with Gasteiger partial charge in [-0.15, -0.1) is 0 Å². The van der Waals surface area contributed by atoms with Crippen molar-refractivity contribution in [3.05, 3.63) is 0 Å². The second-order valence-electron chi connectivity index (χ2n) is 17.5. The maximum atomic E-state index is 12.4. The van der Waals surface area contributed by atoms with Crippen molar-refractivity contribution in [3.8, 4) is 0 Å². The van der Waals surface area contributed by atoms with Crippen LogP contribution in [0.15, 0.2) is 0 Å². The predicted octanol–water partition coefficient (Wildman–Crippen LogP) is -9.75. The maximum Gasteiger partial charge on any atom is 0.335 e. The molecule has 6 rings (SSSR count). The van der Waals surface area contributed by atoms with E-state index in [1.165, 1.54) is 27.7 Å². The highest BCUT2D eigenvalue weighted by Gasteiger charge is 2.58. The van der Waals surface area contributed by atoms with Crippen molar-refractivity contribution < 1.29 is 138 Å². The molecule has 0 spiro atoms. The number of rotatable bonds is 13. The summed E-state index contributed by atoms with van der Waals surface area (Å²) in [5.74, 6) is -2.51. The molecule has 67 heavy (non-hydrogen) atoms. The van der Waals surface area contributed by atoms with Crippen LogP contribution in [0.3, 0.4) is 0 Å². The Kier molecular flexibility index (Phi) is 17.9. The van der Waals surface area contributed by atoms with Crippen molar-refractivity contribution in [1.29, 1.82) is 0 Å². The maximum absolute atomic E-state index is 12.4. The van der Waals surface area contributed by atoms with E-state index in [-0.39, 0.29) is 0 Å². The van der Waals surface area contributed by atoms with Gasteiger partial charge in [-0.05, 0) is 27.7 Å². The number of ether oxygens (including phenoxy) is 11. The van der Waals surface area contributed by atoms with Crippen LogP contribution < -0.4 is 5.32 Å². The summed E-state index contributed by atoms with van der Waals surface area (Å²) < 4.78 is 62.4. The van der Waals surface area contributed by atoms with Crippen LogP contribution >= 0.6 is 0 Å². The number of amides is 1. The minimum Gasteiger partial charge on any atom is -0.479 e. The molecule has 16 N–H and O–H groups in total. The van der Waals surface area contributed by atoms with Crippen LogP contribution in [0, 0.1) is 0 Å². The highest BCUT2D eigenvalue weighted by atomic mass is 16.8. The van der Waals surface area contributed by atoms with E-state index in [4.69, 9.17) is 52.1 Å². The Bertz CT molecular complexity index is 1640. The number of aliphatic hydroxyl groups excluding tert-OH is 14. The number of hydrogen-bond acceptors (Lipinski definition) is 27. The zero-order valence-corrected chi connectivity index (χ0v) is 36.5. The third-order valence-electron chi connectivity index (χ3n) is 12.6. The molecule has 0 aliphatic carbocycles. The summed E-state index contributed by atoms with van der Waals surface area (Å²) in [5, 5.41) is 164. The number of carbonyl (C=O) groups is 2. The van der Waals surface area contributed by atoms with E-state index in [9.17, 15) is 86.2 Å². The quantitative estimate of drug-likeness (QED) is 0.0815. The Morgan fingerprint density at radius 2 is 0.821 bits per heavy atom. The van der Waals surface area contributed by atoms with E-state index in [2.05, 4.69) is 5.32 Å². The first-order valence-corrected chi connectivity index (χ1v) is 21.5. The first kappa shape index (κ1) is 54.3. The van der Waals surface area contributed by atoms with Gasteiger partial charge in [0.25, 0.3) is 0 Å². The summed E-state index contributed by atoms with van der Waals surface area (Å²) in [7, 11) is 0. The van der Waals surface area contributed by atoms with Crippen LogP contribution in [0.2, 0.25) is 0 Å². The molecule has 6 aliphatic rings. The Balaban J connectivity index is 1.21. The number of hydrogen-bond donors (Lipinski definition) is 16. The second kappa shape index (κ2) is 22.1. The molecule has 388 valence electrons. The fourth-order valence-electron chi connectivity index (χ4n) is 8.62. The second-order valence-corrected chi connectivity index (χ2v) is 17.5. The molecule has 0 bridgehead atoms. The van der Waals surface area contributed by atoms with Gasteiger partial charge in [0.15, 0.2) is 43.8 Å². The molecule has 6 saturated heterocycles. The van der Waals surface area contributed by atoms with Gasteiger partial charge < -0.3 is 134 Å². The van der Waals surface area contributed by atoms with Gasteiger partial charge in [0, 0.05) is 6.92 Å². The van der Waals surface area contributed by atoms with Gasteiger partial charge in [-0.25, -0.2) is 4.79 Å². The summed E-state index contributed by atoms with van der Waals surface area (Å²) in [5.41, 5.74) is 0. The predicted molar refractivity (Wildman–Crippen MR) is 206 cm³/mol. The lowest BCUT2D eigenvalue weighted by atomic mass is 9.95. The summed E-state index contributed by atoms with van der Waals surface area (Å²) in [6.45, 7) is 5.49. The van der Waals surface area contributed by atoms with Crippen molar-refractivity contribution in [2.24, 2.45) is 0 Å². The zero-order valence-electron chi connectivity index (χ0n) is 36.5. The molecule has 6 heterocycles. The number of aliphatic carboxylic acids is 1. The third-order valence-corrected chi connectivity index (χ3v) is 12.6. The molecule has 29 heteroatoms. The Hall–Kier alpha value is -2.06. The summed E-state index contributed by atoms with van der Waals surface area (Å²) in [6.07, 6.45) is -52.6. The average Bonchev–Trinajstić information content (AvgIpc) is 3.27. The number of carboxylic acids is 1. The average molecular weight is 982 g/mol.